The average molecular weight is 226 g/mol. The molecule has 0 atom stereocenters. The molecule has 1 aliphatic rings. The molecular weight excluding hydrogens is 210 g/mol. The Hall–Kier alpha value is -0.570. The zero-order valence-electron chi connectivity index (χ0n) is 8.67. The first kappa shape index (κ1) is 10.9. The predicted octanol–water partition coefficient (Wildman–Crippen LogP) is 2.20. The normalized spacial score (nSPS) is 17.7. The summed E-state index contributed by atoms with van der Waals surface area (Å²) in [5.41, 5.74) is 1.42. The second kappa shape index (κ2) is 4.52. The van der Waals surface area contributed by atoms with Crippen molar-refractivity contribution in [1.82, 2.24) is 5.32 Å². The van der Waals surface area contributed by atoms with Crippen LogP contribution in [-0.2, 0) is 6.54 Å². The number of aliphatic hydroxyl groups is 1. The summed E-state index contributed by atoms with van der Waals surface area (Å²) in [7, 11) is 0. The Morgan fingerprint density at radius 1 is 1.27 bits per heavy atom. The lowest BCUT2D eigenvalue weighted by Gasteiger charge is -2.12. The molecule has 0 aromatic heterocycles. The molecule has 0 heterocycles. The van der Waals surface area contributed by atoms with Crippen LogP contribution >= 0.6 is 11.6 Å². The molecule has 0 aliphatic heterocycles. The molecule has 1 aliphatic carbocycles. The highest BCUT2D eigenvalue weighted by Crippen LogP contribution is 2.44. The number of rotatable bonds is 5. The summed E-state index contributed by atoms with van der Waals surface area (Å²) >= 11 is 5.80. The average Bonchev–Trinajstić information content (AvgIpc) is 3.02. The SMILES string of the molecule is OCC1(CNCc2ccc(Cl)cc2)CC1. The largest absolute Gasteiger partial charge is 0.396 e. The maximum absolute atomic E-state index is 9.13. The van der Waals surface area contributed by atoms with E-state index in [1.807, 2.05) is 24.3 Å². The summed E-state index contributed by atoms with van der Waals surface area (Å²) in [5, 5.41) is 13.3. The van der Waals surface area contributed by atoms with Gasteiger partial charge in [-0.05, 0) is 30.5 Å². The Kier molecular flexibility index (Phi) is 3.29. The number of hydrogen-bond donors (Lipinski definition) is 2. The van der Waals surface area contributed by atoms with Gasteiger partial charge in [-0.25, -0.2) is 0 Å². The second-order valence-electron chi connectivity index (χ2n) is 4.39. The van der Waals surface area contributed by atoms with E-state index in [4.69, 9.17) is 16.7 Å². The first-order chi connectivity index (χ1) is 7.24. The van der Waals surface area contributed by atoms with Crippen molar-refractivity contribution >= 4 is 11.6 Å². The summed E-state index contributed by atoms with van der Waals surface area (Å²) in [4.78, 5) is 0. The van der Waals surface area contributed by atoms with Gasteiger partial charge in [0.25, 0.3) is 0 Å². The number of aliphatic hydroxyl groups excluding tert-OH is 1. The molecule has 2 N–H and O–H groups in total. The first-order valence-electron chi connectivity index (χ1n) is 5.30. The van der Waals surface area contributed by atoms with E-state index < -0.39 is 0 Å². The molecule has 3 heteroatoms. The van der Waals surface area contributed by atoms with Gasteiger partial charge < -0.3 is 10.4 Å². The second-order valence-corrected chi connectivity index (χ2v) is 4.82. The van der Waals surface area contributed by atoms with Crippen LogP contribution in [0.25, 0.3) is 0 Å². The van der Waals surface area contributed by atoms with Gasteiger partial charge in [0, 0.05) is 30.1 Å². The van der Waals surface area contributed by atoms with Crippen LogP contribution in [0.15, 0.2) is 24.3 Å². The van der Waals surface area contributed by atoms with Crippen LogP contribution in [0, 0.1) is 5.41 Å². The van der Waals surface area contributed by atoms with Gasteiger partial charge in [-0.3, -0.25) is 0 Å². The number of halogens is 1. The maximum Gasteiger partial charge on any atom is 0.0499 e. The topological polar surface area (TPSA) is 32.3 Å². The molecule has 2 nitrogen and oxygen atoms in total. The minimum atomic E-state index is 0.187. The predicted molar refractivity (Wildman–Crippen MR) is 61.9 cm³/mol. The van der Waals surface area contributed by atoms with Crippen molar-refractivity contribution in [1.29, 1.82) is 0 Å². The molecule has 1 saturated carbocycles. The molecule has 2 rings (SSSR count). The van der Waals surface area contributed by atoms with E-state index in [2.05, 4.69) is 5.32 Å². The molecule has 0 saturated heterocycles. The van der Waals surface area contributed by atoms with Crippen LogP contribution in [0.5, 0.6) is 0 Å². The highest BCUT2D eigenvalue weighted by Gasteiger charge is 2.41. The number of benzene rings is 1. The van der Waals surface area contributed by atoms with E-state index in [1.165, 1.54) is 5.56 Å². The van der Waals surface area contributed by atoms with Crippen LogP contribution in [0.4, 0.5) is 0 Å². The van der Waals surface area contributed by atoms with Crippen LogP contribution < -0.4 is 5.32 Å². The Morgan fingerprint density at radius 2 is 1.93 bits per heavy atom. The third-order valence-corrected chi connectivity index (χ3v) is 3.29. The Bertz CT molecular complexity index is 319. The van der Waals surface area contributed by atoms with E-state index >= 15 is 0 Å². The molecule has 15 heavy (non-hydrogen) atoms. The van der Waals surface area contributed by atoms with E-state index in [-0.39, 0.29) is 5.41 Å². The number of nitrogens with one attached hydrogen (secondary N) is 1. The molecule has 0 bridgehead atoms. The van der Waals surface area contributed by atoms with E-state index in [0.717, 1.165) is 31.0 Å². The van der Waals surface area contributed by atoms with Gasteiger partial charge in [0.15, 0.2) is 0 Å². The smallest absolute Gasteiger partial charge is 0.0499 e. The minimum absolute atomic E-state index is 0.187. The summed E-state index contributed by atoms with van der Waals surface area (Å²) in [5.74, 6) is 0. The Labute approximate surface area is 95.3 Å². The van der Waals surface area contributed by atoms with Crippen molar-refractivity contribution in [3.05, 3.63) is 34.9 Å². The zero-order chi connectivity index (χ0) is 10.7. The van der Waals surface area contributed by atoms with Gasteiger partial charge in [-0.2, -0.15) is 0 Å². The van der Waals surface area contributed by atoms with Crippen molar-refractivity contribution in [2.75, 3.05) is 13.2 Å². The molecule has 0 unspecified atom stereocenters. The highest BCUT2D eigenvalue weighted by atomic mass is 35.5. The molecule has 1 aromatic rings. The fraction of sp³-hybridized carbons (Fsp3) is 0.500. The summed E-state index contributed by atoms with van der Waals surface area (Å²) in [6.45, 7) is 2.06. The molecule has 82 valence electrons. The van der Waals surface area contributed by atoms with E-state index in [1.54, 1.807) is 0 Å². The van der Waals surface area contributed by atoms with Crippen LogP contribution in [0.3, 0.4) is 0 Å². The molecule has 1 fully saturated rings. The van der Waals surface area contributed by atoms with Crippen molar-refractivity contribution < 1.29 is 5.11 Å². The van der Waals surface area contributed by atoms with Crippen molar-refractivity contribution in [3.63, 3.8) is 0 Å². The summed E-state index contributed by atoms with van der Waals surface area (Å²) in [6.07, 6.45) is 2.30. The van der Waals surface area contributed by atoms with Crippen LogP contribution in [0.2, 0.25) is 5.02 Å². The number of hydrogen-bond acceptors (Lipinski definition) is 2. The van der Waals surface area contributed by atoms with Gasteiger partial charge in [0.2, 0.25) is 0 Å². The minimum Gasteiger partial charge on any atom is -0.396 e. The third-order valence-electron chi connectivity index (χ3n) is 3.03. The highest BCUT2D eigenvalue weighted by molar-refractivity contribution is 6.30. The van der Waals surface area contributed by atoms with Crippen molar-refractivity contribution in [3.8, 4) is 0 Å². The zero-order valence-corrected chi connectivity index (χ0v) is 9.43. The van der Waals surface area contributed by atoms with E-state index in [9.17, 15) is 0 Å². The molecule has 0 radical (unpaired) electrons. The molecular formula is C12H16ClNO. The Balaban J connectivity index is 1.76. The lowest BCUT2D eigenvalue weighted by molar-refractivity contribution is 0.207. The Morgan fingerprint density at radius 3 is 2.47 bits per heavy atom. The third kappa shape index (κ3) is 2.94. The molecule has 0 amide bonds. The fourth-order valence-corrected chi connectivity index (χ4v) is 1.77. The van der Waals surface area contributed by atoms with Gasteiger partial charge in [-0.1, -0.05) is 23.7 Å². The fourth-order valence-electron chi connectivity index (χ4n) is 1.64. The quantitative estimate of drug-likeness (QED) is 0.806. The van der Waals surface area contributed by atoms with Gasteiger partial charge >= 0.3 is 0 Å². The molecule has 0 spiro atoms. The summed E-state index contributed by atoms with van der Waals surface area (Å²) < 4.78 is 0. The van der Waals surface area contributed by atoms with Crippen molar-refractivity contribution in [2.45, 2.75) is 19.4 Å². The standard InChI is InChI=1S/C12H16ClNO/c13-11-3-1-10(2-4-11)7-14-8-12(9-15)5-6-12/h1-4,14-15H,5-9H2. The monoisotopic (exact) mass is 225 g/mol. The van der Waals surface area contributed by atoms with Gasteiger partial charge in [0.1, 0.15) is 0 Å². The van der Waals surface area contributed by atoms with Gasteiger partial charge in [-0.15, -0.1) is 0 Å². The lowest BCUT2D eigenvalue weighted by atomic mass is 10.1. The van der Waals surface area contributed by atoms with Gasteiger partial charge in [0.05, 0.1) is 0 Å². The van der Waals surface area contributed by atoms with Crippen LogP contribution in [-0.4, -0.2) is 18.3 Å². The summed E-state index contributed by atoms with van der Waals surface area (Å²) in [6, 6.07) is 7.84. The maximum atomic E-state index is 9.13. The van der Waals surface area contributed by atoms with Crippen molar-refractivity contribution in [2.24, 2.45) is 5.41 Å². The van der Waals surface area contributed by atoms with E-state index in [0.29, 0.717) is 6.61 Å². The lowest BCUT2D eigenvalue weighted by Crippen LogP contribution is -2.25. The van der Waals surface area contributed by atoms with Crippen LogP contribution in [0.1, 0.15) is 18.4 Å². The first-order valence-corrected chi connectivity index (χ1v) is 5.68. The molecule has 1 aromatic carbocycles.